The number of hydrogen-bond acceptors (Lipinski definition) is 4. The topological polar surface area (TPSA) is 77.3 Å². The number of thioether (sulfide) groups is 1. The lowest BCUT2D eigenvalue weighted by Gasteiger charge is -2.16. The lowest BCUT2D eigenvalue weighted by atomic mass is 10.00. The lowest BCUT2D eigenvalue weighted by molar-refractivity contribution is 0.0946. The number of carbonyl (C=O) groups excluding carboxylic acids is 1. The van der Waals surface area contributed by atoms with Crippen LogP contribution in [0.25, 0.3) is 0 Å². The Morgan fingerprint density at radius 1 is 1.61 bits per heavy atom. The van der Waals surface area contributed by atoms with Crippen LogP contribution >= 0.6 is 11.8 Å². The Morgan fingerprint density at radius 3 is 3.17 bits per heavy atom. The summed E-state index contributed by atoms with van der Waals surface area (Å²) < 4.78 is 0. The number of nitrogens with zero attached hydrogens (tertiary/aromatic N) is 2. The SMILES string of the molecule is CSC(=Nc1ccc2c(c1)C(=O)NCC2)NC#N. The van der Waals surface area contributed by atoms with Crippen molar-refractivity contribution in [3.05, 3.63) is 29.3 Å². The van der Waals surface area contributed by atoms with Crippen molar-refractivity contribution in [2.75, 3.05) is 12.8 Å². The second-order valence-electron chi connectivity index (χ2n) is 3.71. The van der Waals surface area contributed by atoms with Gasteiger partial charge in [-0.15, -0.1) is 0 Å². The van der Waals surface area contributed by atoms with Crippen LogP contribution in [0.4, 0.5) is 5.69 Å². The van der Waals surface area contributed by atoms with Gasteiger partial charge in [0.05, 0.1) is 5.69 Å². The van der Waals surface area contributed by atoms with Gasteiger partial charge >= 0.3 is 0 Å². The molecule has 1 aromatic rings. The van der Waals surface area contributed by atoms with Crippen LogP contribution in [-0.2, 0) is 6.42 Å². The maximum atomic E-state index is 11.7. The van der Waals surface area contributed by atoms with Gasteiger partial charge in [0.2, 0.25) is 0 Å². The van der Waals surface area contributed by atoms with E-state index < -0.39 is 0 Å². The molecule has 0 unspecified atom stereocenters. The quantitative estimate of drug-likeness (QED) is 0.346. The molecule has 2 N–H and O–H groups in total. The minimum atomic E-state index is -0.0627. The number of hydrogen-bond donors (Lipinski definition) is 2. The summed E-state index contributed by atoms with van der Waals surface area (Å²) in [6, 6.07) is 5.52. The van der Waals surface area contributed by atoms with Gasteiger partial charge in [0.15, 0.2) is 11.4 Å². The van der Waals surface area contributed by atoms with Gasteiger partial charge in [-0.3, -0.25) is 10.1 Å². The molecule has 18 heavy (non-hydrogen) atoms. The summed E-state index contributed by atoms with van der Waals surface area (Å²) in [7, 11) is 0. The van der Waals surface area contributed by atoms with Crippen molar-refractivity contribution in [3.8, 4) is 6.19 Å². The van der Waals surface area contributed by atoms with Crippen molar-refractivity contribution >= 4 is 28.5 Å². The first kappa shape index (κ1) is 12.5. The van der Waals surface area contributed by atoms with Crippen molar-refractivity contribution < 1.29 is 4.79 Å². The predicted octanol–water partition coefficient (Wildman–Crippen LogP) is 1.39. The number of aliphatic imine (C=N–C) groups is 1. The zero-order chi connectivity index (χ0) is 13.0. The Bertz CT molecular complexity index is 547. The molecule has 5 nitrogen and oxygen atoms in total. The average Bonchev–Trinajstić information content (AvgIpc) is 2.39. The molecule has 1 aromatic carbocycles. The van der Waals surface area contributed by atoms with E-state index in [1.807, 2.05) is 24.6 Å². The van der Waals surface area contributed by atoms with Crippen LogP contribution in [0.5, 0.6) is 0 Å². The molecular formula is C12H12N4OS. The van der Waals surface area contributed by atoms with Crippen molar-refractivity contribution in [1.29, 1.82) is 5.26 Å². The van der Waals surface area contributed by atoms with Crippen LogP contribution in [0.15, 0.2) is 23.2 Å². The van der Waals surface area contributed by atoms with E-state index >= 15 is 0 Å². The average molecular weight is 260 g/mol. The van der Waals surface area contributed by atoms with E-state index in [0.29, 0.717) is 23.0 Å². The van der Waals surface area contributed by atoms with E-state index in [1.165, 1.54) is 11.8 Å². The molecule has 92 valence electrons. The Balaban J connectivity index is 2.34. The highest BCUT2D eigenvalue weighted by Crippen LogP contribution is 2.21. The third-order valence-corrected chi connectivity index (χ3v) is 3.18. The molecule has 0 bridgehead atoms. The molecule has 0 atom stereocenters. The standard InChI is InChI=1S/C12H12N4OS/c1-18-12(15-7-13)16-9-3-2-8-4-5-14-11(17)10(8)6-9/h2-3,6H,4-5H2,1H3,(H,14,17)(H,15,16). The zero-order valence-electron chi connectivity index (χ0n) is 9.86. The number of rotatable bonds is 1. The summed E-state index contributed by atoms with van der Waals surface area (Å²) in [5.74, 6) is -0.0627. The van der Waals surface area contributed by atoms with E-state index in [9.17, 15) is 4.79 Å². The highest BCUT2D eigenvalue weighted by Gasteiger charge is 2.16. The molecule has 0 saturated heterocycles. The minimum Gasteiger partial charge on any atom is -0.352 e. The third kappa shape index (κ3) is 2.63. The Morgan fingerprint density at radius 2 is 2.44 bits per heavy atom. The van der Waals surface area contributed by atoms with Crippen molar-refractivity contribution in [2.24, 2.45) is 4.99 Å². The number of amidine groups is 1. The second kappa shape index (κ2) is 5.56. The smallest absolute Gasteiger partial charge is 0.251 e. The summed E-state index contributed by atoms with van der Waals surface area (Å²) in [5, 5.41) is 14.4. The number of benzene rings is 1. The first-order valence-electron chi connectivity index (χ1n) is 5.43. The van der Waals surface area contributed by atoms with Crippen LogP contribution in [0.3, 0.4) is 0 Å². The summed E-state index contributed by atoms with van der Waals surface area (Å²) in [5.41, 5.74) is 2.37. The summed E-state index contributed by atoms with van der Waals surface area (Å²) >= 11 is 1.34. The fourth-order valence-corrected chi connectivity index (χ4v) is 2.10. The van der Waals surface area contributed by atoms with Gasteiger partial charge in [-0.1, -0.05) is 17.8 Å². The number of carbonyl (C=O) groups is 1. The van der Waals surface area contributed by atoms with E-state index in [0.717, 1.165) is 12.0 Å². The Hall–Kier alpha value is -2.00. The monoisotopic (exact) mass is 260 g/mol. The third-order valence-electron chi connectivity index (χ3n) is 2.60. The Kier molecular flexibility index (Phi) is 3.85. The fraction of sp³-hybridized carbons (Fsp3) is 0.250. The van der Waals surface area contributed by atoms with Crippen LogP contribution in [0.2, 0.25) is 0 Å². The molecule has 0 fully saturated rings. The molecule has 0 spiro atoms. The van der Waals surface area contributed by atoms with Gasteiger partial charge in [-0.2, -0.15) is 5.26 Å². The number of fused-ring (bicyclic) bond motifs is 1. The van der Waals surface area contributed by atoms with Gasteiger partial charge in [-0.25, -0.2) is 4.99 Å². The molecule has 0 aromatic heterocycles. The van der Waals surface area contributed by atoms with E-state index in [2.05, 4.69) is 15.6 Å². The maximum absolute atomic E-state index is 11.7. The van der Waals surface area contributed by atoms with Crippen molar-refractivity contribution in [1.82, 2.24) is 10.6 Å². The normalized spacial score (nSPS) is 14.4. The first-order valence-corrected chi connectivity index (χ1v) is 6.66. The van der Waals surface area contributed by atoms with E-state index in [-0.39, 0.29) is 5.91 Å². The molecule has 1 amide bonds. The molecule has 1 heterocycles. The number of amides is 1. The molecule has 1 aliphatic heterocycles. The summed E-state index contributed by atoms with van der Waals surface area (Å²) in [6.07, 6.45) is 4.50. The molecule has 6 heteroatoms. The van der Waals surface area contributed by atoms with Crippen LogP contribution in [-0.4, -0.2) is 23.9 Å². The molecule has 1 aliphatic rings. The zero-order valence-corrected chi connectivity index (χ0v) is 10.7. The van der Waals surface area contributed by atoms with Crippen molar-refractivity contribution in [2.45, 2.75) is 6.42 Å². The van der Waals surface area contributed by atoms with Crippen LogP contribution < -0.4 is 10.6 Å². The van der Waals surface area contributed by atoms with Gasteiger partial charge in [0, 0.05) is 12.1 Å². The summed E-state index contributed by atoms with van der Waals surface area (Å²) in [6.45, 7) is 0.681. The maximum Gasteiger partial charge on any atom is 0.251 e. The fourth-order valence-electron chi connectivity index (χ4n) is 1.76. The van der Waals surface area contributed by atoms with Crippen LogP contribution in [0, 0.1) is 11.5 Å². The molecule has 2 rings (SSSR count). The molecular weight excluding hydrogens is 248 g/mol. The lowest BCUT2D eigenvalue weighted by Crippen LogP contribution is -2.31. The van der Waals surface area contributed by atoms with Crippen LogP contribution in [0.1, 0.15) is 15.9 Å². The van der Waals surface area contributed by atoms with E-state index in [4.69, 9.17) is 5.26 Å². The highest BCUT2D eigenvalue weighted by atomic mass is 32.2. The number of nitrogens with one attached hydrogen (secondary N) is 2. The molecule has 0 radical (unpaired) electrons. The first-order chi connectivity index (χ1) is 8.74. The second-order valence-corrected chi connectivity index (χ2v) is 4.50. The molecule has 0 aliphatic carbocycles. The Labute approximate surface area is 109 Å². The predicted molar refractivity (Wildman–Crippen MR) is 71.8 cm³/mol. The minimum absolute atomic E-state index is 0.0627. The number of nitriles is 1. The van der Waals surface area contributed by atoms with Gasteiger partial charge in [0.1, 0.15) is 0 Å². The summed E-state index contributed by atoms with van der Waals surface area (Å²) in [4.78, 5) is 16.0. The highest BCUT2D eigenvalue weighted by molar-refractivity contribution is 8.13. The largest absolute Gasteiger partial charge is 0.352 e. The van der Waals surface area contributed by atoms with Gasteiger partial charge < -0.3 is 5.32 Å². The van der Waals surface area contributed by atoms with E-state index in [1.54, 1.807) is 6.07 Å². The molecule has 0 saturated carbocycles. The van der Waals surface area contributed by atoms with Crippen molar-refractivity contribution in [3.63, 3.8) is 0 Å². The van der Waals surface area contributed by atoms with Gasteiger partial charge in [-0.05, 0) is 30.4 Å². The van der Waals surface area contributed by atoms with Gasteiger partial charge in [0.25, 0.3) is 5.91 Å².